The van der Waals surface area contributed by atoms with Gasteiger partial charge in [-0.3, -0.25) is 14.6 Å². The molecule has 1 atom stereocenters. The summed E-state index contributed by atoms with van der Waals surface area (Å²) in [5.41, 5.74) is 1.49. The van der Waals surface area contributed by atoms with Crippen LogP contribution in [0.5, 0.6) is 11.6 Å². The second kappa shape index (κ2) is 8.63. The highest BCUT2D eigenvalue weighted by Gasteiger charge is 2.47. The third-order valence-corrected chi connectivity index (χ3v) is 6.02. The van der Waals surface area contributed by atoms with Crippen LogP contribution in [0.1, 0.15) is 22.5 Å². The molecular formula is C25H24N4O4. The highest BCUT2D eigenvalue weighted by atomic mass is 16.5. The van der Waals surface area contributed by atoms with Gasteiger partial charge in [-0.25, -0.2) is 4.98 Å². The number of carbonyl (C=O) groups excluding carboxylic acids is 2. The monoisotopic (exact) mass is 444 g/mol. The smallest absolute Gasteiger partial charge is 0.259 e. The summed E-state index contributed by atoms with van der Waals surface area (Å²) in [7, 11) is 0. The molecule has 1 spiro atoms. The van der Waals surface area contributed by atoms with Crippen LogP contribution < -0.4 is 9.64 Å². The Morgan fingerprint density at radius 3 is 2.70 bits per heavy atom. The Hall–Kier alpha value is -3.78. The van der Waals surface area contributed by atoms with E-state index in [2.05, 4.69) is 9.97 Å². The fraction of sp³-hybridized carbons (Fsp3) is 0.280. The Morgan fingerprint density at radius 2 is 1.91 bits per heavy atom. The predicted octanol–water partition coefficient (Wildman–Crippen LogP) is 3.23. The Labute approximate surface area is 191 Å². The molecule has 2 aromatic heterocycles. The van der Waals surface area contributed by atoms with Crippen molar-refractivity contribution in [3.63, 3.8) is 0 Å². The highest BCUT2D eigenvalue weighted by molar-refractivity contribution is 5.97. The van der Waals surface area contributed by atoms with Crippen molar-refractivity contribution in [2.24, 2.45) is 0 Å². The first kappa shape index (κ1) is 21.1. The minimum atomic E-state index is -0.594. The van der Waals surface area contributed by atoms with E-state index in [9.17, 15) is 9.59 Å². The molecule has 0 saturated carbocycles. The number of anilines is 1. The van der Waals surface area contributed by atoms with Gasteiger partial charge in [0, 0.05) is 24.1 Å². The Kier molecular flexibility index (Phi) is 5.51. The zero-order valence-corrected chi connectivity index (χ0v) is 18.3. The lowest BCUT2D eigenvalue weighted by Crippen LogP contribution is -2.56. The maximum Gasteiger partial charge on any atom is 0.259 e. The molecule has 1 aromatic carbocycles. The topological polar surface area (TPSA) is 84.9 Å². The van der Waals surface area contributed by atoms with Crippen molar-refractivity contribution in [1.29, 1.82) is 0 Å². The van der Waals surface area contributed by atoms with E-state index in [-0.39, 0.29) is 24.3 Å². The summed E-state index contributed by atoms with van der Waals surface area (Å²) in [6.45, 7) is 3.21. The van der Waals surface area contributed by atoms with Crippen LogP contribution in [-0.2, 0) is 9.53 Å². The van der Waals surface area contributed by atoms with Gasteiger partial charge in [0.25, 0.3) is 11.8 Å². The molecule has 33 heavy (non-hydrogen) atoms. The second-order valence-corrected chi connectivity index (χ2v) is 8.36. The lowest BCUT2D eigenvalue weighted by atomic mass is 10.00. The lowest BCUT2D eigenvalue weighted by Gasteiger charge is -2.40. The zero-order chi connectivity index (χ0) is 22.8. The predicted molar refractivity (Wildman–Crippen MR) is 121 cm³/mol. The zero-order valence-electron chi connectivity index (χ0n) is 18.3. The summed E-state index contributed by atoms with van der Waals surface area (Å²) >= 11 is 0. The molecule has 2 saturated heterocycles. The average Bonchev–Trinajstić information content (AvgIpc) is 3.26. The van der Waals surface area contributed by atoms with Crippen LogP contribution in [0.25, 0.3) is 0 Å². The fourth-order valence-electron chi connectivity index (χ4n) is 4.25. The van der Waals surface area contributed by atoms with Crippen LogP contribution in [0.4, 0.5) is 5.69 Å². The maximum atomic E-state index is 13.4. The van der Waals surface area contributed by atoms with E-state index in [0.29, 0.717) is 37.4 Å². The number of hydrogen-bond acceptors (Lipinski definition) is 6. The summed E-state index contributed by atoms with van der Waals surface area (Å²) < 4.78 is 11.9. The van der Waals surface area contributed by atoms with E-state index in [1.807, 2.05) is 43.3 Å². The first-order valence-corrected chi connectivity index (χ1v) is 10.9. The molecular weight excluding hydrogens is 420 g/mol. The van der Waals surface area contributed by atoms with Gasteiger partial charge in [0.15, 0.2) is 0 Å². The van der Waals surface area contributed by atoms with Gasteiger partial charge < -0.3 is 19.3 Å². The van der Waals surface area contributed by atoms with Gasteiger partial charge in [-0.1, -0.05) is 18.2 Å². The largest absolute Gasteiger partial charge is 0.437 e. The number of hydrogen-bond donors (Lipinski definition) is 0. The average molecular weight is 444 g/mol. The third kappa shape index (κ3) is 4.29. The normalized spacial score (nSPS) is 20.3. The number of aromatic nitrogens is 2. The van der Waals surface area contributed by atoms with Gasteiger partial charge >= 0.3 is 0 Å². The summed E-state index contributed by atoms with van der Waals surface area (Å²) in [6, 6.07) is 16.6. The number of nitrogens with zero attached hydrogens (tertiary/aromatic N) is 4. The number of para-hydroxylation sites is 1. The molecule has 5 rings (SSSR count). The van der Waals surface area contributed by atoms with E-state index >= 15 is 0 Å². The van der Waals surface area contributed by atoms with Gasteiger partial charge in [0.2, 0.25) is 5.88 Å². The molecule has 3 aromatic rings. The standard InChI is InChI=1S/C25H24N4O4/c1-18-9-10-20(14-27-18)33-23-21(8-5-12-26-23)24(31)28-13-11-25(16-28)17-29(22(30)15-32-25)19-6-3-2-4-7-19/h2-10,12,14H,11,13,15-17H2,1H3. The van der Waals surface area contributed by atoms with Crippen LogP contribution in [0.2, 0.25) is 0 Å². The van der Waals surface area contributed by atoms with E-state index in [0.717, 1.165) is 11.4 Å². The molecule has 0 bridgehead atoms. The van der Waals surface area contributed by atoms with E-state index in [1.165, 1.54) is 0 Å². The number of amides is 2. The molecule has 0 aliphatic carbocycles. The van der Waals surface area contributed by atoms with Crippen molar-refractivity contribution >= 4 is 17.5 Å². The second-order valence-electron chi connectivity index (χ2n) is 8.36. The Balaban J connectivity index is 1.33. The minimum absolute atomic E-state index is 0.00139. The number of aryl methyl sites for hydroxylation is 1. The summed E-state index contributed by atoms with van der Waals surface area (Å²) in [5.74, 6) is 0.492. The van der Waals surface area contributed by atoms with E-state index in [1.54, 1.807) is 40.4 Å². The first-order valence-electron chi connectivity index (χ1n) is 10.9. The van der Waals surface area contributed by atoms with Crippen molar-refractivity contribution in [3.05, 3.63) is 78.2 Å². The third-order valence-electron chi connectivity index (χ3n) is 6.02. The fourth-order valence-corrected chi connectivity index (χ4v) is 4.25. The van der Waals surface area contributed by atoms with Crippen LogP contribution in [0.3, 0.4) is 0 Å². The van der Waals surface area contributed by atoms with Crippen molar-refractivity contribution < 1.29 is 19.1 Å². The highest BCUT2D eigenvalue weighted by Crippen LogP contribution is 2.34. The number of morpholine rings is 1. The number of benzene rings is 1. The molecule has 8 nitrogen and oxygen atoms in total. The van der Waals surface area contributed by atoms with Gasteiger partial charge in [-0.2, -0.15) is 0 Å². The SMILES string of the molecule is Cc1ccc(Oc2ncccc2C(=O)N2CCC3(C2)CN(c2ccccc2)C(=O)CO3)cn1. The van der Waals surface area contributed by atoms with Crippen LogP contribution in [0, 0.1) is 6.92 Å². The minimum Gasteiger partial charge on any atom is -0.437 e. The number of pyridine rings is 2. The molecule has 2 amide bonds. The summed E-state index contributed by atoms with van der Waals surface area (Å²) in [4.78, 5) is 37.9. The molecule has 8 heteroatoms. The van der Waals surface area contributed by atoms with Gasteiger partial charge in [-0.15, -0.1) is 0 Å². The molecule has 1 unspecified atom stereocenters. The van der Waals surface area contributed by atoms with Gasteiger partial charge in [0.05, 0.1) is 19.3 Å². The van der Waals surface area contributed by atoms with Crippen LogP contribution in [0.15, 0.2) is 67.0 Å². The van der Waals surface area contributed by atoms with E-state index < -0.39 is 5.60 Å². The number of carbonyl (C=O) groups is 2. The number of ether oxygens (including phenoxy) is 2. The number of rotatable bonds is 4. The van der Waals surface area contributed by atoms with Crippen molar-refractivity contribution in [1.82, 2.24) is 14.9 Å². The van der Waals surface area contributed by atoms with E-state index in [4.69, 9.17) is 9.47 Å². The molecule has 168 valence electrons. The lowest BCUT2D eigenvalue weighted by molar-refractivity contribution is -0.137. The molecule has 0 radical (unpaired) electrons. The van der Waals surface area contributed by atoms with Crippen molar-refractivity contribution in [3.8, 4) is 11.6 Å². The van der Waals surface area contributed by atoms with Crippen LogP contribution in [-0.4, -0.2) is 58.5 Å². The molecule has 0 N–H and O–H groups in total. The quantitative estimate of drug-likeness (QED) is 0.614. The first-order chi connectivity index (χ1) is 16.0. The Morgan fingerprint density at radius 1 is 1.06 bits per heavy atom. The van der Waals surface area contributed by atoms with Crippen molar-refractivity contribution in [2.45, 2.75) is 18.9 Å². The summed E-state index contributed by atoms with van der Waals surface area (Å²) in [5, 5.41) is 0. The van der Waals surface area contributed by atoms with Crippen LogP contribution >= 0.6 is 0 Å². The molecule has 2 fully saturated rings. The molecule has 2 aliphatic heterocycles. The summed E-state index contributed by atoms with van der Waals surface area (Å²) in [6.07, 6.45) is 3.84. The maximum absolute atomic E-state index is 13.4. The Bertz CT molecular complexity index is 1170. The number of likely N-dealkylation sites (tertiary alicyclic amines) is 1. The van der Waals surface area contributed by atoms with Crippen molar-refractivity contribution in [2.75, 3.05) is 31.1 Å². The van der Waals surface area contributed by atoms with Gasteiger partial charge in [-0.05, 0) is 49.7 Å². The van der Waals surface area contributed by atoms with Gasteiger partial charge in [0.1, 0.15) is 23.5 Å². The molecule has 4 heterocycles. The molecule has 2 aliphatic rings.